The van der Waals surface area contributed by atoms with Crippen molar-refractivity contribution in [2.45, 2.75) is 32.9 Å². The lowest BCUT2D eigenvalue weighted by Crippen LogP contribution is -2.24. The highest BCUT2D eigenvalue weighted by Crippen LogP contribution is 2.29. The zero-order chi connectivity index (χ0) is 16.5. The maximum absolute atomic E-state index is 4.43. The molecular weight excluding hydrogens is 296 g/mol. The molecule has 0 radical (unpaired) electrons. The summed E-state index contributed by atoms with van der Waals surface area (Å²) >= 11 is 0. The van der Waals surface area contributed by atoms with Crippen LogP contribution in [0.4, 0.5) is 5.82 Å². The summed E-state index contributed by atoms with van der Waals surface area (Å²) in [6, 6.07) is 11.1. The number of anilines is 1. The lowest BCUT2D eigenvalue weighted by atomic mass is 10.0. The minimum atomic E-state index is 0.920. The molecule has 24 heavy (non-hydrogen) atoms. The minimum Gasteiger partial charge on any atom is -0.373 e. The van der Waals surface area contributed by atoms with Crippen LogP contribution in [0.1, 0.15) is 22.4 Å². The zero-order valence-corrected chi connectivity index (χ0v) is 14.4. The number of nitrogens with one attached hydrogen (secondary N) is 2. The van der Waals surface area contributed by atoms with Crippen molar-refractivity contribution in [2.24, 2.45) is 0 Å². The van der Waals surface area contributed by atoms with Gasteiger partial charge in [0.15, 0.2) is 0 Å². The molecular formula is C20H24N4. The van der Waals surface area contributed by atoms with Crippen LogP contribution in [0.3, 0.4) is 0 Å². The highest BCUT2D eigenvalue weighted by Gasteiger charge is 2.19. The van der Waals surface area contributed by atoms with E-state index in [2.05, 4.69) is 51.4 Å². The van der Waals surface area contributed by atoms with Gasteiger partial charge in [0.2, 0.25) is 0 Å². The fourth-order valence-corrected chi connectivity index (χ4v) is 3.71. The Kier molecular flexibility index (Phi) is 3.98. The molecule has 0 unspecified atom stereocenters. The van der Waals surface area contributed by atoms with Crippen molar-refractivity contribution in [3.63, 3.8) is 0 Å². The van der Waals surface area contributed by atoms with Gasteiger partial charge in [-0.05, 0) is 42.7 Å². The summed E-state index contributed by atoms with van der Waals surface area (Å²) in [5, 5.41) is 8.01. The zero-order valence-electron chi connectivity index (χ0n) is 14.4. The summed E-state index contributed by atoms with van der Waals surface area (Å²) in [4.78, 5) is 4.43. The molecule has 2 N–H and O–H groups in total. The van der Waals surface area contributed by atoms with Crippen molar-refractivity contribution in [3.8, 4) is 0 Å². The molecule has 1 aliphatic rings. The molecule has 0 amide bonds. The highest BCUT2D eigenvalue weighted by molar-refractivity contribution is 5.86. The summed E-state index contributed by atoms with van der Waals surface area (Å²) in [6.45, 7) is 5.24. The Bertz CT molecular complexity index is 861. The van der Waals surface area contributed by atoms with Crippen molar-refractivity contribution in [3.05, 3.63) is 58.9 Å². The fraction of sp³-hybridized carbons (Fsp3) is 0.350. The fourth-order valence-electron chi connectivity index (χ4n) is 3.71. The quantitative estimate of drug-likeness (QED) is 0.775. The van der Waals surface area contributed by atoms with E-state index in [1.165, 1.54) is 33.3 Å². The molecule has 124 valence electrons. The Morgan fingerprint density at radius 2 is 2.17 bits per heavy atom. The summed E-state index contributed by atoms with van der Waals surface area (Å²) in [7, 11) is 1.90. The molecule has 3 aromatic rings. The topological polar surface area (TPSA) is 41.9 Å². The molecule has 2 aromatic heterocycles. The molecule has 1 aromatic carbocycles. The van der Waals surface area contributed by atoms with Crippen molar-refractivity contribution < 1.29 is 0 Å². The SMILES string of the molecule is CNc1ccc(CCn2c3c(c4cc(C)ccc42)CNCC3)cn1. The standard InChI is InChI=1S/C20H24N4/c1-14-3-5-18-16(11-14)17-13-22-9-7-19(17)24(18)10-8-15-4-6-20(21-2)23-12-15/h3-6,11-12,22H,7-10,13H2,1-2H3,(H,21,23). The maximum atomic E-state index is 4.43. The van der Waals surface area contributed by atoms with E-state index in [9.17, 15) is 0 Å². The summed E-state index contributed by atoms with van der Waals surface area (Å²) in [5.41, 5.74) is 6.98. The number of fused-ring (bicyclic) bond motifs is 3. The molecule has 3 heterocycles. The average molecular weight is 320 g/mol. The Morgan fingerprint density at radius 1 is 1.25 bits per heavy atom. The van der Waals surface area contributed by atoms with Crippen molar-refractivity contribution in [1.29, 1.82) is 0 Å². The molecule has 4 heteroatoms. The van der Waals surface area contributed by atoms with Crippen LogP contribution in [0.15, 0.2) is 36.5 Å². The van der Waals surface area contributed by atoms with Crippen LogP contribution in [0.5, 0.6) is 0 Å². The molecule has 0 fully saturated rings. The number of nitrogens with zero attached hydrogens (tertiary/aromatic N) is 2. The van der Waals surface area contributed by atoms with Crippen LogP contribution < -0.4 is 10.6 Å². The van der Waals surface area contributed by atoms with E-state index < -0.39 is 0 Å². The van der Waals surface area contributed by atoms with Gasteiger partial charge in [0.1, 0.15) is 5.82 Å². The number of rotatable bonds is 4. The number of hydrogen-bond donors (Lipinski definition) is 2. The van der Waals surface area contributed by atoms with Crippen LogP contribution in [0.2, 0.25) is 0 Å². The first kappa shape index (κ1) is 15.2. The monoisotopic (exact) mass is 320 g/mol. The molecule has 0 saturated carbocycles. The van der Waals surface area contributed by atoms with E-state index in [4.69, 9.17) is 0 Å². The molecule has 0 aliphatic carbocycles. The van der Waals surface area contributed by atoms with Crippen LogP contribution in [-0.4, -0.2) is 23.1 Å². The van der Waals surface area contributed by atoms with Gasteiger partial charge in [-0.25, -0.2) is 4.98 Å². The number of aromatic nitrogens is 2. The van der Waals surface area contributed by atoms with Gasteiger partial charge < -0.3 is 15.2 Å². The second-order valence-electron chi connectivity index (χ2n) is 6.58. The van der Waals surface area contributed by atoms with Gasteiger partial charge in [0.05, 0.1) is 0 Å². The molecule has 0 atom stereocenters. The molecule has 4 rings (SSSR count). The minimum absolute atomic E-state index is 0.920. The van der Waals surface area contributed by atoms with Gasteiger partial charge in [-0.15, -0.1) is 0 Å². The van der Waals surface area contributed by atoms with E-state index in [0.29, 0.717) is 0 Å². The first-order chi connectivity index (χ1) is 11.8. The number of pyridine rings is 1. The second-order valence-corrected chi connectivity index (χ2v) is 6.58. The van der Waals surface area contributed by atoms with E-state index >= 15 is 0 Å². The lowest BCUT2D eigenvalue weighted by molar-refractivity contribution is 0.594. The lowest BCUT2D eigenvalue weighted by Gasteiger charge is -2.17. The Hall–Kier alpha value is -2.33. The number of aryl methyl sites for hydroxylation is 3. The van der Waals surface area contributed by atoms with Gasteiger partial charge >= 0.3 is 0 Å². The second kappa shape index (κ2) is 6.29. The molecule has 4 nitrogen and oxygen atoms in total. The maximum Gasteiger partial charge on any atom is 0.125 e. The molecule has 0 saturated heterocycles. The Balaban J connectivity index is 1.67. The number of benzene rings is 1. The largest absolute Gasteiger partial charge is 0.373 e. The average Bonchev–Trinajstić information content (AvgIpc) is 2.93. The third-order valence-corrected chi connectivity index (χ3v) is 4.99. The van der Waals surface area contributed by atoms with Gasteiger partial charge in [-0.1, -0.05) is 17.7 Å². The summed E-state index contributed by atoms with van der Waals surface area (Å²) in [5.74, 6) is 0.920. The van der Waals surface area contributed by atoms with Crippen molar-refractivity contribution in [2.75, 3.05) is 18.9 Å². The first-order valence-corrected chi connectivity index (χ1v) is 8.70. The van der Waals surface area contributed by atoms with E-state index in [-0.39, 0.29) is 0 Å². The van der Waals surface area contributed by atoms with Crippen LogP contribution in [0.25, 0.3) is 10.9 Å². The van der Waals surface area contributed by atoms with Gasteiger partial charge in [-0.2, -0.15) is 0 Å². The normalized spacial score (nSPS) is 13.9. The molecule has 1 aliphatic heterocycles. The van der Waals surface area contributed by atoms with Crippen molar-refractivity contribution >= 4 is 16.7 Å². The van der Waals surface area contributed by atoms with Gasteiger partial charge in [0.25, 0.3) is 0 Å². The third kappa shape index (κ3) is 2.67. The van der Waals surface area contributed by atoms with Crippen LogP contribution >= 0.6 is 0 Å². The molecule has 0 spiro atoms. The molecule has 0 bridgehead atoms. The Labute approximate surface area is 142 Å². The van der Waals surface area contributed by atoms with E-state index in [1.54, 1.807) is 0 Å². The van der Waals surface area contributed by atoms with Crippen LogP contribution in [-0.2, 0) is 25.9 Å². The van der Waals surface area contributed by atoms with Crippen molar-refractivity contribution in [1.82, 2.24) is 14.9 Å². The summed E-state index contributed by atoms with van der Waals surface area (Å²) < 4.78 is 2.52. The highest BCUT2D eigenvalue weighted by atomic mass is 15.0. The first-order valence-electron chi connectivity index (χ1n) is 8.70. The van der Waals surface area contributed by atoms with Gasteiger partial charge in [0, 0.05) is 55.9 Å². The van der Waals surface area contributed by atoms with E-state index in [0.717, 1.165) is 38.3 Å². The van der Waals surface area contributed by atoms with E-state index in [1.807, 2.05) is 19.3 Å². The smallest absolute Gasteiger partial charge is 0.125 e. The predicted molar refractivity (Wildman–Crippen MR) is 99.6 cm³/mol. The number of hydrogen-bond acceptors (Lipinski definition) is 3. The third-order valence-electron chi connectivity index (χ3n) is 4.99. The van der Waals surface area contributed by atoms with Crippen LogP contribution in [0, 0.1) is 6.92 Å². The summed E-state index contributed by atoms with van der Waals surface area (Å²) in [6.07, 6.45) is 4.10. The predicted octanol–water partition coefficient (Wildman–Crippen LogP) is 3.27. The van der Waals surface area contributed by atoms with Gasteiger partial charge in [-0.3, -0.25) is 0 Å². The Morgan fingerprint density at radius 3 is 2.96 bits per heavy atom.